The van der Waals surface area contributed by atoms with E-state index >= 15 is 0 Å². The molecule has 4 nitrogen and oxygen atoms in total. The summed E-state index contributed by atoms with van der Waals surface area (Å²) in [4.78, 5) is 4.49. The van der Waals surface area contributed by atoms with Crippen molar-refractivity contribution in [2.75, 3.05) is 0 Å². The van der Waals surface area contributed by atoms with Gasteiger partial charge in [0.15, 0.2) is 0 Å². The Morgan fingerprint density at radius 1 is 1.38 bits per heavy atom. The van der Waals surface area contributed by atoms with Crippen molar-refractivity contribution < 1.29 is 4.39 Å². The molecule has 3 rings (SSSR count). The van der Waals surface area contributed by atoms with Gasteiger partial charge in [-0.1, -0.05) is 6.92 Å². The zero-order valence-corrected chi connectivity index (χ0v) is 12.9. The molecule has 2 aromatic heterocycles. The quantitative estimate of drug-likeness (QED) is 0.691. The number of aromatic nitrogens is 4. The smallest absolute Gasteiger partial charge is 0.132 e. The molecule has 0 fully saturated rings. The van der Waals surface area contributed by atoms with E-state index in [1.54, 1.807) is 10.7 Å². The van der Waals surface area contributed by atoms with Gasteiger partial charge in [0.1, 0.15) is 11.6 Å². The largest absolute Gasteiger partial charge is 0.292 e. The van der Waals surface area contributed by atoms with Gasteiger partial charge < -0.3 is 0 Å². The summed E-state index contributed by atoms with van der Waals surface area (Å²) >= 11 is 6.27. The number of hydrogen-bond acceptors (Lipinski definition) is 2. The molecule has 2 heterocycles. The fraction of sp³-hybridized carbons (Fsp3) is 0.333. The minimum absolute atomic E-state index is 0.287. The van der Waals surface area contributed by atoms with Crippen LogP contribution in [0.3, 0.4) is 0 Å². The summed E-state index contributed by atoms with van der Waals surface area (Å²) in [5.41, 5.74) is 3.33. The highest BCUT2D eigenvalue weighted by Crippen LogP contribution is 2.29. The van der Waals surface area contributed by atoms with Crippen LogP contribution in [0.5, 0.6) is 0 Å². The van der Waals surface area contributed by atoms with Crippen LogP contribution < -0.4 is 0 Å². The Morgan fingerprint density at radius 3 is 2.81 bits per heavy atom. The first kappa shape index (κ1) is 14.1. The van der Waals surface area contributed by atoms with Crippen LogP contribution in [0.15, 0.2) is 24.4 Å². The second-order valence-corrected chi connectivity index (χ2v) is 5.70. The van der Waals surface area contributed by atoms with Crippen molar-refractivity contribution in [1.82, 2.24) is 19.3 Å². The molecule has 0 spiro atoms. The van der Waals surface area contributed by atoms with E-state index in [2.05, 4.69) is 17.0 Å². The van der Waals surface area contributed by atoms with E-state index in [1.165, 1.54) is 12.1 Å². The van der Waals surface area contributed by atoms with Crippen LogP contribution in [-0.4, -0.2) is 19.3 Å². The fourth-order valence-electron chi connectivity index (χ4n) is 2.55. The van der Waals surface area contributed by atoms with E-state index in [-0.39, 0.29) is 11.2 Å². The molecule has 6 heteroatoms. The maximum atomic E-state index is 13.4. The third-order valence-corrected chi connectivity index (χ3v) is 3.65. The monoisotopic (exact) mass is 306 g/mol. The number of aryl methyl sites for hydroxylation is 2. The van der Waals surface area contributed by atoms with Gasteiger partial charge in [0.25, 0.3) is 0 Å². The van der Waals surface area contributed by atoms with Gasteiger partial charge in [0, 0.05) is 19.3 Å². The Balaban J connectivity index is 2.36. The fourth-order valence-corrected chi connectivity index (χ4v) is 2.70. The first-order valence-corrected chi connectivity index (χ1v) is 7.29. The third-order valence-electron chi connectivity index (χ3n) is 3.46. The summed E-state index contributed by atoms with van der Waals surface area (Å²) in [6.45, 7) is 3.91. The first-order chi connectivity index (χ1) is 10.0. The van der Waals surface area contributed by atoms with Gasteiger partial charge in [-0.15, -0.1) is 11.6 Å². The van der Waals surface area contributed by atoms with Crippen molar-refractivity contribution in [1.29, 1.82) is 0 Å². The average molecular weight is 307 g/mol. The van der Waals surface area contributed by atoms with Crippen LogP contribution in [0, 0.1) is 5.82 Å². The molecule has 0 aliphatic heterocycles. The van der Waals surface area contributed by atoms with Crippen LogP contribution in [0.1, 0.15) is 30.7 Å². The summed E-state index contributed by atoms with van der Waals surface area (Å²) in [5, 5.41) is 4.17. The first-order valence-electron chi connectivity index (χ1n) is 6.86. The molecule has 0 aliphatic rings. The number of nitrogens with zero attached hydrogens (tertiary/aromatic N) is 4. The molecule has 3 aromatic rings. The van der Waals surface area contributed by atoms with Gasteiger partial charge in [-0.25, -0.2) is 9.37 Å². The van der Waals surface area contributed by atoms with Crippen LogP contribution in [0.2, 0.25) is 0 Å². The molecule has 0 N–H and O–H groups in total. The van der Waals surface area contributed by atoms with Gasteiger partial charge in [0.05, 0.1) is 27.8 Å². The van der Waals surface area contributed by atoms with Crippen LogP contribution in [0.25, 0.3) is 16.7 Å². The molecule has 1 unspecified atom stereocenters. The van der Waals surface area contributed by atoms with Crippen molar-refractivity contribution in [3.63, 3.8) is 0 Å². The number of alkyl halides is 1. The van der Waals surface area contributed by atoms with Gasteiger partial charge >= 0.3 is 0 Å². The molecule has 0 amide bonds. The molecule has 1 aromatic carbocycles. The molecule has 0 saturated heterocycles. The van der Waals surface area contributed by atoms with E-state index in [9.17, 15) is 4.39 Å². The molecule has 0 bridgehead atoms. The second kappa shape index (κ2) is 5.15. The van der Waals surface area contributed by atoms with Gasteiger partial charge in [-0.2, -0.15) is 5.10 Å². The predicted octanol–water partition coefficient (Wildman–Crippen LogP) is 3.76. The number of benzene rings is 1. The van der Waals surface area contributed by atoms with Crippen LogP contribution >= 0.6 is 11.6 Å². The Labute approximate surface area is 127 Å². The van der Waals surface area contributed by atoms with Crippen molar-refractivity contribution in [2.45, 2.75) is 25.6 Å². The van der Waals surface area contributed by atoms with E-state index in [4.69, 9.17) is 11.6 Å². The summed E-state index contributed by atoms with van der Waals surface area (Å²) in [7, 11) is 1.88. The molecule has 21 heavy (non-hydrogen) atoms. The minimum atomic E-state index is -0.303. The summed E-state index contributed by atoms with van der Waals surface area (Å²) in [6, 6.07) is 4.59. The second-order valence-electron chi connectivity index (χ2n) is 5.04. The van der Waals surface area contributed by atoms with Crippen molar-refractivity contribution in [3.05, 3.63) is 41.7 Å². The number of hydrogen-bond donors (Lipinski definition) is 0. The molecule has 1 atom stereocenters. The minimum Gasteiger partial charge on any atom is -0.292 e. The Hall–Kier alpha value is -1.88. The Morgan fingerprint density at radius 2 is 2.14 bits per heavy atom. The number of fused-ring (bicyclic) bond motifs is 1. The highest BCUT2D eigenvalue weighted by molar-refractivity contribution is 6.20. The van der Waals surface area contributed by atoms with Crippen molar-refractivity contribution in [3.8, 4) is 5.69 Å². The molecule has 0 radical (unpaired) electrons. The lowest BCUT2D eigenvalue weighted by molar-refractivity contribution is 0.629. The lowest BCUT2D eigenvalue weighted by Gasteiger charge is -2.09. The zero-order chi connectivity index (χ0) is 15.1. The van der Waals surface area contributed by atoms with Crippen molar-refractivity contribution >= 4 is 22.6 Å². The molecule has 0 aliphatic carbocycles. The zero-order valence-electron chi connectivity index (χ0n) is 12.1. The number of halogens is 2. The van der Waals surface area contributed by atoms with E-state index < -0.39 is 0 Å². The molecule has 0 saturated carbocycles. The van der Waals surface area contributed by atoms with E-state index in [0.717, 1.165) is 23.3 Å². The van der Waals surface area contributed by atoms with Crippen LogP contribution in [-0.2, 0) is 13.5 Å². The van der Waals surface area contributed by atoms with Gasteiger partial charge in [0.2, 0.25) is 0 Å². The normalized spacial score (nSPS) is 13.0. The topological polar surface area (TPSA) is 35.6 Å². The van der Waals surface area contributed by atoms with E-state index in [0.29, 0.717) is 11.3 Å². The molecular weight excluding hydrogens is 291 g/mol. The molecule has 110 valence electrons. The third kappa shape index (κ3) is 2.31. The van der Waals surface area contributed by atoms with Gasteiger partial charge in [-0.3, -0.25) is 9.25 Å². The number of rotatable bonds is 3. The standard InChI is InChI=1S/C15H16ClFN4/c1-4-11-14(8-20(3)19-11)21-13-6-5-10(17)7-12(13)18-15(21)9(2)16/h5-9H,4H2,1-3H3. The lowest BCUT2D eigenvalue weighted by atomic mass is 10.2. The average Bonchev–Trinajstić information content (AvgIpc) is 2.97. The lowest BCUT2D eigenvalue weighted by Crippen LogP contribution is -2.03. The summed E-state index contributed by atoms with van der Waals surface area (Å²) in [6.07, 6.45) is 2.74. The van der Waals surface area contributed by atoms with Crippen molar-refractivity contribution in [2.24, 2.45) is 7.05 Å². The van der Waals surface area contributed by atoms with Gasteiger partial charge in [-0.05, 0) is 25.5 Å². The van der Waals surface area contributed by atoms with E-state index in [1.807, 2.05) is 24.7 Å². The Kier molecular flexibility index (Phi) is 3.45. The predicted molar refractivity (Wildman–Crippen MR) is 81.4 cm³/mol. The number of imidazole rings is 1. The maximum Gasteiger partial charge on any atom is 0.132 e. The van der Waals surface area contributed by atoms with Crippen LogP contribution in [0.4, 0.5) is 4.39 Å². The highest BCUT2D eigenvalue weighted by Gasteiger charge is 2.20. The highest BCUT2D eigenvalue weighted by atomic mass is 35.5. The summed E-state index contributed by atoms with van der Waals surface area (Å²) < 4.78 is 17.2. The SMILES string of the molecule is CCc1nn(C)cc1-n1c(C(C)Cl)nc2cc(F)ccc21. The maximum absolute atomic E-state index is 13.4. The molecular formula is C15H16ClFN4. The summed E-state index contributed by atoms with van der Waals surface area (Å²) in [5.74, 6) is 0.391. The Bertz CT molecular complexity index is 803.